The number of aliphatic hydroxyl groups is 1. The van der Waals surface area contributed by atoms with E-state index in [0.717, 1.165) is 0 Å². The Hall–Kier alpha value is -4.05. The molecule has 8 nitrogen and oxygen atoms in total. The Morgan fingerprint density at radius 1 is 1.06 bits per heavy atom. The molecule has 3 aromatic rings. The number of allylic oxidation sites excluding steroid dienone is 2. The summed E-state index contributed by atoms with van der Waals surface area (Å²) in [6.07, 6.45) is 0.485. The van der Waals surface area contributed by atoms with Crippen LogP contribution in [-0.2, 0) is 16.6 Å². The highest BCUT2D eigenvalue weighted by Crippen LogP contribution is 2.36. The number of aliphatic carboxylic acids is 1. The van der Waals surface area contributed by atoms with E-state index in [-0.39, 0.29) is 0 Å². The number of carbonyl (C=O) groups excluding carboxylic acids is 1. The predicted octanol–water partition coefficient (Wildman–Crippen LogP) is 3.42. The Morgan fingerprint density at radius 2 is 1.63 bits per heavy atom. The number of rotatable bonds is 9. The second kappa shape index (κ2) is 10.9. The summed E-state index contributed by atoms with van der Waals surface area (Å²) >= 11 is 0. The largest absolute Gasteiger partial charge is 0.481 e. The lowest BCUT2D eigenvalue weighted by Gasteiger charge is -2.18. The number of ketones is 1. The smallest absolute Gasteiger partial charge is 0.310 e. The van der Waals surface area contributed by atoms with Crippen LogP contribution in [-0.4, -0.2) is 48.3 Å². The molecule has 0 saturated carbocycles. The topological polar surface area (TPSA) is 118 Å². The lowest BCUT2D eigenvalue weighted by Crippen LogP contribution is -2.14. The Labute approximate surface area is 200 Å². The molecule has 0 aliphatic rings. The third-order valence-electron chi connectivity index (χ3n) is 5.32. The van der Waals surface area contributed by atoms with E-state index in [9.17, 15) is 23.5 Å². The third-order valence-corrected chi connectivity index (χ3v) is 5.32. The molecule has 0 aliphatic heterocycles. The highest BCUT2D eigenvalue weighted by atomic mass is 19.1. The van der Waals surface area contributed by atoms with Crippen molar-refractivity contribution < 1.29 is 28.6 Å². The molecule has 0 fully saturated rings. The number of carboxylic acid groups (broad SMARTS) is 1. The van der Waals surface area contributed by atoms with E-state index in [1.165, 1.54) is 41.1 Å². The van der Waals surface area contributed by atoms with Crippen LogP contribution in [0.2, 0.25) is 0 Å². The van der Waals surface area contributed by atoms with Crippen LogP contribution in [0.4, 0.5) is 8.78 Å². The van der Waals surface area contributed by atoms with E-state index in [1.807, 2.05) is 0 Å². The average molecular weight is 482 g/mol. The van der Waals surface area contributed by atoms with Crippen molar-refractivity contribution in [3.8, 4) is 0 Å². The summed E-state index contributed by atoms with van der Waals surface area (Å²) in [5, 5.41) is 30.8. The molecule has 0 spiro atoms. The van der Waals surface area contributed by atoms with Crippen LogP contribution in [0.15, 0.2) is 48.6 Å². The van der Waals surface area contributed by atoms with Gasteiger partial charge in [0.15, 0.2) is 5.82 Å². The van der Waals surface area contributed by atoms with Crippen molar-refractivity contribution in [1.82, 2.24) is 20.2 Å². The summed E-state index contributed by atoms with van der Waals surface area (Å²) in [4.78, 5) is 22.6. The van der Waals surface area contributed by atoms with E-state index in [4.69, 9.17) is 5.11 Å². The number of aliphatic hydroxyl groups excluding tert-OH is 1. The van der Waals surface area contributed by atoms with Gasteiger partial charge in [0.25, 0.3) is 0 Å². The van der Waals surface area contributed by atoms with Crippen molar-refractivity contribution in [3.05, 3.63) is 88.3 Å². The normalized spacial score (nSPS) is 12.1. The van der Waals surface area contributed by atoms with Crippen LogP contribution >= 0.6 is 0 Å². The first-order valence-electron chi connectivity index (χ1n) is 10.7. The second-order valence-electron chi connectivity index (χ2n) is 8.07. The fourth-order valence-corrected chi connectivity index (χ4v) is 3.73. The van der Waals surface area contributed by atoms with Gasteiger partial charge in [-0.3, -0.25) is 9.59 Å². The molecule has 10 heteroatoms. The number of aromatic nitrogens is 4. The molecule has 0 unspecified atom stereocenters. The molecule has 0 amide bonds. The van der Waals surface area contributed by atoms with E-state index in [0.29, 0.717) is 39.2 Å². The Balaban J connectivity index is 2.25. The molecule has 0 bridgehead atoms. The number of tetrazole rings is 1. The number of carboxylic acids is 1. The van der Waals surface area contributed by atoms with Gasteiger partial charge in [-0.2, -0.15) is 0 Å². The number of nitrogens with zero attached hydrogens (tertiary/aromatic N) is 4. The molecule has 1 aromatic heterocycles. The maximum absolute atomic E-state index is 13.9. The van der Waals surface area contributed by atoms with Gasteiger partial charge in [-0.05, 0) is 70.8 Å². The summed E-state index contributed by atoms with van der Waals surface area (Å²) in [7, 11) is 1.61. The Kier molecular flexibility index (Phi) is 7.98. The maximum Gasteiger partial charge on any atom is 0.310 e. The molecule has 2 aromatic carbocycles. The predicted molar refractivity (Wildman–Crippen MR) is 124 cm³/mol. The average Bonchev–Trinajstić information content (AvgIpc) is 3.17. The number of carbonyl (C=O) groups is 2. The van der Waals surface area contributed by atoms with Crippen molar-refractivity contribution in [2.45, 2.75) is 32.8 Å². The van der Waals surface area contributed by atoms with Gasteiger partial charge in [-0.15, -0.1) is 5.10 Å². The zero-order valence-corrected chi connectivity index (χ0v) is 19.4. The zero-order valence-electron chi connectivity index (χ0n) is 19.4. The van der Waals surface area contributed by atoms with Crippen LogP contribution in [0.1, 0.15) is 40.9 Å². The number of halogens is 2. The molecule has 182 valence electrons. The molecule has 35 heavy (non-hydrogen) atoms. The van der Waals surface area contributed by atoms with Gasteiger partial charge < -0.3 is 10.2 Å². The number of hydrogen-bond donors (Lipinski definition) is 2. The van der Waals surface area contributed by atoms with Gasteiger partial charge in [-0.25, -0.2) is 13.5 Å². The highest BCUT2D eigenvalue weighted by molar-refractivity contribution is 6.02. The van der Waals surface area contributed by atoms with Crippen molar-refractivity contribution in [2.75, 3.05) is 0 Å². The monoisotopic (exact) mass is 482 g/mol. The van der Waals surface area contributed by atoms with Crippen LogP contribution in [0.25, 0.3) is 11.1 Å². The van der Waals surface area contributed by atoms with Gasteiger partial charge in [0.1, 0.15) is 23.8 Å². The number of benzene rings is 2. The van der Waals surface area contributed by atoms with Crippen LogP contribution in [0.5, 0.6) is 0 Å². The maximum atomic E-state index is 13.9. The molecule has 0 saturated heterocycles. The molecule has 3 rings (SSSR count). The van der Waals surface area contributed by atoms with Gasteiger partial charge in [0.2, 0.25) is 0 Å². The van der Waals surface area contributed by atoms with Gasteiger partial charge in [-0.1, -0.05) is 24.3 Å². The lowest BCUT2D eigenvalue weighted by molar-refractivity contribution is -0.140. The molecular weight excluding hydrogens is 458 g/mol. The number of aryl methyl sites for hydroxylation is 3. The van der Waals surface area contributed by atoms with E-state index < -0.39 is 42.3 Å². The number of Topliss-reactive ketones (excluding diaryl/α,β-unsaturated/α-hetero) is 1. The first-order valence-corrected chi connectivity index (χ1v) is 10.7. The summed E-state index contributed by atoms with van der Waals surface area (Å²) < 4.78 is 29.3. The molecule has 2 N–H and O–H groups in total. The minimum absolute atomic E-state index is 0.299. The van der Waals surface area contributed by atoms with Gasteiger partial charge in [0.05, 0.1) is 6.10 Å². The minimum Gasteiger partial charge on any atom is -0.481 e. The summed E-state index contributed by atoms with van der Waals surface area (Å²) in [6.45, 7) is 3.46. The quantitative estimate of drug-likeness (QED) is 0.354. The van der Waals surface area contributed by atoms with Crippen LogP contribution in [0, 0.1) is 25.5 Å². The summed E-state index contributed by atoms with van der Waals surface area (Å²) in [5.74, 6) is -2.47. The number of hydrogen-bond acceptors (Lipinski definition) is 6. The molecule has 0 radical (unpaired) electrons. The lowest BCUT2D eigenvalue weighted by atomic mass is 9.87. The first kappa shape index (κ1) is 25.6. The second-order valence-corrected chi connectivity index (χ2v) is 8.07. The summed E-state index contributed by atoms with van der Waals surface area (Å²) in [6, 6.07) is 8.52. The van der Waals surface area contributed by atoms with Gasteiger partial charge >= 0.3 is 5.97 Å². The van der Waals surface area contributed by atoms with Crippen LogP contribution in [0.3, 0.4) is 0 Å². The van der Waals surface area contributed by atoms with E-state index in [2.05, 4.69) is 15.5 Å². The van der Waals surface area contributed by atoms with Crippen LogP contribution < -0.4 is 0 Å². The van der Waals surface area contributed by atoms with Crippen molar-refractivity contribution in [2.24, 2.45) is 7.05 Å². The van der Waals surface area contributed by atoms with Crippen molar-refractivity contribution >= 4 is 22.9 Å². The highest BCUT2D eigenvalue weighted by Gasteiger charge is 2.21. The third kappa shape index (κ3) is 6.30. The van der Waals surface area contributed by atoms with E-state index in [1.54, 1.807) is 33.0 Å². The fourth-order valence-electron chi connectivity index (χ4n) is 3.73. The zero-order chi connectivity index (χ0) is 25.7. The molecule has 1 heterocycles. The SMILES string of the molecule is Cc1cc(F)ccc1C(=C(/C=C/[C@@H](O)CC(=O)CC(=O)O)c1nnnn1C)c1ccc(F)cc1C. The van der Waals surface area contributed by atoms with Crippen molar-refractivity contribution in [3.63, 3.8) is 0 Å². The molecule has 0 aliphatic carbocycles. The molecule has 1 atom stereocenters. The Morgan fingerprint density at radius 3 is 2.09 bits per heavy atom. The molecular formula is C25H24F2N4O4. The van der Waals surface area contributed by atoms with Gasteiger partial charge in [0, 0.05) is 24.6 Å². The van der Waals surface area contributed by atoms with Crippen molar-refractivity contribution in [1.29, 1.82) is 0 Å². The minimum atomic E-state index is -1.28. The Bertz CT molecular complexity index is 1280. The standard InChI is InChI=1S/C25H24F2N4O4/c1-14-10-16(26)4-7-20(14)24(21-8-5-17(27)11-15(21)2)22(25-28-29-30-31(25)3)9-6-18(32)12-19(33)13-23(34)35/h4-11,18,32H,12-13H2,1-3H3,(H,34,35)/b9-6+/t18-/m1/s1. The summed E-state index contributed by atoms with van der Waals surface area (Å²) in [5.41, 5.74) is 3.43. The fraction of sp³-hybridized carbons (Fsp3) is 0.240. The van der Waals surface area contributed by atoms with E-state index >= 15 is 0 Å². The first-order chi connectivity index (χ1) is 16.6.